The number of alkyl halides is 1. The van der Waals surface area contributed by atoms with Crippen LogP contribution in [0.15, 0.2) is 76.1 Å². The molecule has 0 radical (unpaired) electrons. The maximum absolute atomic E-state index is 12.0. The predicted molar refractivity (Wildman–Crippen MR) is 137 cm³/mol. The molecule has 0 amide bonds. The van der Waals surface area contributed by atoms with E-state index in [2.05, 4.69) is 21.2 Å². The number of halogens is 2. The molecular weight excluding hydrogens is 540 g/mol. The van der Waals surface area contributed by atoms with Crippen LogP contribution in [0.5, 0.6) is 0 Å². The number of nitrogens with one attached hydrogen (secondary N) is 1. The molecule has 1 aliphatic heterocycles. The van der Waals surface area contributed by atoms with Gasteiger partial charge in [0.25, 0.3) is 5.69 Å². The highest BCUT2D eigenvalue weighted by Crippen LogP contribution is 2.58. The van der Waals surface area contributed by atoms with Crippen LogP contribution in [-0.4, -0.2) is 26.6 Å². The number of nitro groups is 1. The van der Waals surface area contributed by atoms with Gasteiger partial charge >= 0.3 is 5.97 Å². The van der Waals surface area contributed by atoms with Crippen molar-refractivity contribution in [2.45, 2.75) is 33.9 Å². The lowest BCUT2D eigenvalue weighted by Gasteiger charge is -2.39. The molecule has 2 aliphatic rings. The summed E-state index contributed by atoms with van der Waals surface area (Å²) >= 11 is 12.1. The molecule has 3 aromatic rings. The number of benzene rings is 3. The zero-order chi connectivity index (χ0) is 24.0. The second-order valence-electron chi connectivity index (χ2n) is 8.50. The number of aromatic carboxylic acids is 1. The van der Waals surface area contributed by atoms with Crippen LogP contribution in [0.4, 0.5) is 11.4 Å². The monoisotopic (exact) mass is 558 g/mol. The summed E-state index contributed by atoms with van der Waals surface area (Å²) in [6.45, 7) is 0. The SMILES string of the molecule is O=C(O)c1cccc2c1N[C@@H](c1cccc(Br)c1)[C@@H]1C[C@H](Sc3ccccc3[N+](=O)[O-])[C@@H](Cl)[C@@H]21. The van der Waals surface area contributed by atoms with Crippen molar-refractivity contribution in [1.29, 1.82) is 0 Å². The van der Waals surface area contributed by atoms with E-state index in [0.29, 0.717) is 10.6 Å². The first-order valence-corrected chi connectivity index (χ1v) is 12.9. The van der Waals surface area contributed by atoms with E-state index in [9.17, 15) is 20.0 Å². The predicted octanol–water partition coefficient (Wildman–Crippen LogP) is 7.09. The van der Waals surface area contributed by atoms with Crippen LogP contribution >= 0.6 is 39.3 Å². The number of nitro benzene ring substituents is 1. The van der Waals surface area contributed by atoms with Gasteiger partial charge in [-0.1, -0.05) is 52.3 Å². The Labute approximate surface area is 214 Å². The summed E-state index contributed by atoms with van der Waals surface area (Å²) < 4.78 is 0.937. The fourth-order valence-electron chi connectivity index (χ4n) is 5.22. The minimum Gasteiger partial charge on any atom is -0.478 e. The third-order valence-electron chi connectivity index (χ3n) is 6.63. The van der Waals surface area contributed by atoms with Gasteiger partial charge in [-0.3, -0.25) is 10.1 Å². The van der Waals surface area contributed by atoms with E-state index in [1.807, 2.05) is 30.3 Å². The van der Waals surface area contributed by atoms with Gasteiger partial charge in [0.05, 0.1) is 32.5 Å². The molecule has 0 saturated heterocycles. The summed E-state index contributed by atoms with van der Waals surface area (Å²) in [4.78, 5) is 23.8. The van der Waals surface area contributed by atoms with Gasteiger partial charge in [0, 0.05) is 21.7 Å². The normalized spacial score (nSPS) is 25.2. The van der Waals surface area contributed by atoms with Crippen molar-refractivity contribution in [1.82, 2.24) is 0 Å². The molecule has 9 heteroatoms. The highest BCUT2D eigenvalue weighted by atomic mass is 79.9. The average molecular weight is 560 g/mol. The fraction of sp³-hybridized carbons (Fsp3) is 0.240. The molecule has 5 rings (SSSR count). The maximum Gasteiger partial charge on any atom is 0.337 e. The number of carboxylic acids is 1. The van der Waals surface area contributed by atoms with Crippen LogP contribution in [0.2, 0.25) is 0 Å². The van der Waals surface area contributed by atoms with Crippen molar-refractivity contribution < 1.29 is 14.8 Å². The van der Waals surface area contributed by atoms with Gasteiger partial charge in [0.15, 0.2) is 0 Å². The molecule has 0 bridgehead atoms. The Balaban J connectivity index is 1.58. The molecule has 0 spiro atoms. The third-order valence-corrected chi connectivity index (χ3v) is 9.23. The number of nitrogens with zero attached hydrogens (tertiary/aromatic N) is 1. The molecule has 0 unspecified atom stereocenters. The maximum atomic E-state index is 12.0. The Morgan fingerprint density at radius 2 is 1.91 bits per heavy atom. The van der Waals surface area contributed by atoms with Crippen molar-refractivity contribution in [3.63, 3.8) is 0 Å². The number of hydrogen-bond acceptors (Lipinski definition) is 5. The number of anilines is 1. The highest BCUT2D eigenvalue weighted by molar-refractivity contribution is 9.10. The number of para-hydroxylation sites is 2. The van der Waals surface area contributed by atoms with E-state index in [1.165, 1.54) is 17.8 Å². The van der Waals surface area contributed by atoms with Crippen molar-refractivity contribution >= 4 is 56.6 Å². The zero-order valence-corrected chi connectivity index (χ0v) is 20.9. The second kappa shape index (κ2) is 9.24. The van der Waals surface area contributed by atoms with E-state index in [0.717, 1.165) is 22.0 Å². The molecule has 6 nitrogen and oxygen atoms in total. The molecule has 34 heavy (non-hydrogen) atoms. The lowest BCUT2D eigenvalue weighted by Crippen LogP contribution is -2.32. The Hall–Kier alpha value is -2.55. The first-order valence-electron chi connectivity index (χ1n) is 10.8. The van der Waals surface area contributed by atoms with Crippen LogP contribution < -0.4 is 5.32 Å². The lowest BCUT2D eigenvalue weighted by molar-refractivity contribution is -0.387. The van der Waals surface area contributed by atoms with Crippen molar-refractivity contribution in [3.05, 3.63) is 98.0 Å². The van der Waals surface area contributed by atoms with E-state index >= 15 is 0 Å². The van der Waals surface area contributed by atoms with Gasteiger partial charge in [-0.15, -0.1) is 23.4 Å². The Bertz CT molecular complexity index is 1290. The first kappa shape index (κ1) is 23.2. The van der Waals surface area contributed by atoms with Crippen LogP contribution in [0.1, 0.15) is 39.9 Å². The van der Waals surface area contributed by atoms with Crippen LogP contribution in [0.25, 0.3) is 0 Å². The first-order chi connectivity index (χ1) is 16.3. The zero-order valence-electron chi connectivity index (χ0n) is 17.7. The van der Waals surface area contributed by atoms with Gasteiger partial charge in [0.2, 0.25) is 0 Å². The molecule has 174 valence electrons. The number of rotatable bonds is 5. The van der Waals surface area contributed by atoms with Gasteiger partial charge in [-0.05, 0) is 47.7 Å². The Morgan fingerprint density at radius 3 is 2.65 bits per heavy atom. The summed E-state index contributed by atoms with van der Waals surface area (Å²) in [5.41, 5.74) is 2.82. The summed E-state index contributed by atoms with van der Waals surface area (Å²) in [6.07, 6.45) is 0.733. The number of fused-ring (bicyclic) bond motifs is 3. The van der Waals surface area contributed by atoms with Crippen LogP contribution in [-0.2, 0) is 0 Å². The molecule has 1 fully saturated rings. The number of hydrogen-bond donors (Lipinski definition) is 2. The standard InChI is InChI=1S/C25H20BrClN2O4S/c26-14-6-3-5-13(11-14)23-17-12-20(34-19-10-2-1-9-18(19)29(32)33)22(27)21(17)15-7-4-8-16(25(30)31)24(15)28-23/h1-11,17,20-23,28H,12H2,(H,30,31)/t17-,20+,21+,22-,23+/m1/s1. The summed E-state index contributed by atoms with van der Waals surface area (Å²) in [5.74, 6) is -0.999. The molecular formula is C25H20BrClN2O4S. The molecule has 5 atom stereocenters. The number of thioether (sulfide) groups is 1. The van der Waals surface area contributed by atoms with Crippen LogP contribution in [0, 0.1) is 16.0 Å². The van der Waals surface area contributed by atoms with Gasteiger partial charge in [0.1, 0.15) is 0 Å². The third kappa shape index (κ3) is 4.08. The van der Waals surface area contributed by atoms with Crippen LogP contribution in [0.3, 0.4) is 0 Å². The Kier molecular flexibility index (Phi) is 6.31. The second-order valence-corrected chi connectivity index (χ2v) is 11.2. The fourth-order valence-corrected chi connectivity index (χ4v) is 7.58. The van der Waals surface area contributed by atoms with Gasteiger partial charge in [-0.2, -0.15) is 0 Å². The molecule has 2 N–H and O–H groups in total. The molecule has 0 aromatic heterocycles. The van der Waals surface area contributed by atoms with Crippen molar-refractivity contribution in [2.24, 2.45) is 5.92 Å². The van der Waals surface area contributed by atoms with Crippen molar-refractivity contribution in [3.8, 4) is 0 Å². The molecule has 3 aromatic carbocycles. The Morgan fingerprint density at radius 1 is 1.15 bits per heavy atom. The summed E-state index contributed by atoms with van der Waals surface area (Å²) in [6, 6.07) is 19.8. The van der Waals surface area contributed by atoms with E-state index in [-0.39, 0.29) is 44.7 Å². The van der Waals surface area contributed by atoms with E-state index in [1.54, 1.807) is 30.3 Å². The van der Waals surface area contributed by atoms with E-state index < -0.39 is 5.97 Å². The average Bonchev–Trinajstić information content (AvgIpc) is 3.14. The summed E-state index contributed by atoms with van der Waals surface area (Å²) in [5, 5.41) is 24.5. The molecule has 1 aliphatic carbocycles. The van der Waals surface area contributed by atoms with Gasteiger partial charge < -0.3 is 10.4 Å². The minimum atomic E-state index is -0.995. The number of carboxylic acid groups (broad SMARTS) is 1. The topological polar surface area (TPSA) is 92.5 Å². The van der Waals surface area contributed by atoms with Crippen molar-refractivity contribution in [2.75, 3.05) is 5.32 Å². The number of carbonyl (C=O) groups is 1. The van der Waals surface area contributed by atoms with E-state index in [4.69, 9.17) is 11.6 Å². The summed E-state index contributed by atoms with van der Waals surface area (Å²) in [7, 11) is 0. The largest absolute Gasteiger partial charge is 0.478 e. The smallest absolute Gasteiger partial charge is 0.337 e. The quantitative estimate of drug-likeness (QED) is 0.197. The highest BCUT2D eigenvalue weighted by Gasteiger charge is 2.51. The molecule has 1 saturated carbocycles. The van der Waals surface area contributed by atoms with Gasteiger partial charge in [-0.25, -0.2) is 4.79 Å². The minimum absolute atomic E-state index is 0.0708. The molecule has 1 heterocycles. The lowest BCUT2D eigenvalue weighted by atomic mass is 9.76.